The predicted molar refractivity (Wildman–Crippen MR) is 101 cm³/mol. The molecule has 0 spiro atoms. The Morgan fingerprint density at radius 2 is 1.81 bits per heavy atom. The van der Waals surface area contributed by atoms with Gasteiger partial charge in [0.15, 0.2) is 0 Å². The van der Waals surface area contributed by atoms with E-state index in [4.69, 9.17) is 4.74 Å². The lowest BCUT2D eigenvalue weighted by Gasteiger charge is -2.44. The van der Waals surface area contributed by atoms with E-state index in [1.807, 2.05) is 30.3 Å². The SMILES string of the molecule is COC(=O)CCC1C(=O)N(C2CCCCC2)CC(=O)N1Cc1ccccc1. The first-order chi connectivity index (χ1) is 13.1. The van der Waals surface area contributed by atoms with Crippen molar-refractivity contribution in [3.63, 3.8) is 0 Å². The van der Waals surface area contributed by atoms with E-state index in [0.29, 0.717) is 13.0 Å². The largest absolute Gasteiger partial charge is 0.469 e. The van der Waals surface area contributed by atoms with Crippen LogP contribution in [0.25, 0.3) is 0 Å². The van der Waals surface area contributed by atoms with E-state index in [1.54, 1.807) is 9.80 Å². The summed E-state index contributed by atoms with van der Waals surface area (Å²) in [6, 6.07) is 9.20. The molecule has 1 aromatic rings. The molecule has 1 atom stereocenters. The van der Waals surface area contributed by atoms with Crippen molar-refractivity contribution in [2.24, 2.45) is 0 Å². The number of carbonyl (C=O) groups excluding carboxylic acids is 3. The molecule has 1 aliphatic heterocycles. The fraction of sp³-hybridized carbons (Fsp3) is 0.571. The molecule has 1 aliphatic carbocycles. The number of amides is 2. The first-order valence-corrected chi connectivity index (χ1v) is 9.81. The van der Waals surface area contributed by atoms with E-state index in [9.17, 15) is 14.4 Å². The maximum absolute atomic E-state index is 13.3. The normalized spacial score (nSPS) is 21.4. The summed E-state index contributed by atoms with van der Waals surface area (Å²) >= 11 is 0. The Morgan fingerprint density at radius 1 is 1.11 bits per heavy atom. The third-order valence-corrected chi connectivity index (χ3v) is 5.63. The first-order valence-electron chi connectivity index (χ1n) is 9.81. The summed E-state index contributed by atoms with van der Waals surface area (Å²) in [7, 11) is 1.34. The molecule has 1 heterocycles. The number of hydrogen-bond acceptors (Lipinski definition) is 4. The Morgan fingerprint density at radius 3 is 2.48 bits per heavy atom. The Bertz CT molecular complexity index is 670. The molecule has 146 valence electrons. The molecule has 2 aliphatic rings. The number of piperazine rings is 1. The Balaban J connectivity index is 1.79. The molecule has 0 bridgehead atoms. The number of rotatable bonds is 6. The van der Waals surface area contributed by atoms with Gasteiger partial charge < -0.3 is 14.5 Å². The Hall–Kier alpha value is -2.37. The van der Waals surface area contributed by atoms with Crippen LogP contribution in [0.4, 0.5) is 0 Å². The molecule has 6 heteroatoms. The highest BCUT2D eigenvalue weighted by molar-refractivity contribution is 5.95. The van der Waals surface area contributed by atoms with Crippen LogP contribution < -0.4 is 0 Å². The van der Waals surface area contributed by atoms with E-state index in [1.165, 1.54) is 13.5 Å². The van der Waals surface area contributed by atoms with Crippen LogP contribution in [0.15, 0.2) is 30.3 Å². The van der Waals surface area contributed by atoms with Gasteiger partial charge in [0.05, 0.1) is 7.11 Å². The number of methoxy groups -OCH3 is 1. The van der Waals surface area contributed by atoms with E-state index in [2.05, 4.69) is 0 Å². The van der Waals surface area contributed by atoms with E-state index in [-0.39, 0.29) is 36.8 Å². The van der Waals surface area contributed by atoms with Crippen LogP contribution in [0.1, 0.15) is 50.5 Å². The highest BCUT2D eigenvalue weighted by Crippen LogP contribution is 2.28. The van der Waals surface area contributed by atoms with Crippen LogP contribution in [-0.2, 0) is 25.7 Å². The monoisotopic (exact) mass is 372 g/mol. The molecule has 0 N–H and O–H groups in total. The van der Waals surface area contributed by atoms with Gasteiger partial charge in [-0.15, -0.1) is 0 Å². The topological polar surface area (TPSA) is 66.9 Å². The fourth-order valence-electron chi connectivity index (χ4n) is 4.13. The van der Waals surface area contributed by atoms with Gasteiger partial charge >= 0.3 is 5.97 Å². The Kier molecular flexibility index (Phi) is 6.48. The highest BCUT2D eigenvalue weighted by atomic mass is 16.5. The van der Waals surface area contributed by atoms with Gasteiger partial charge in [0.1, 0.15) is 12.6 Å². The quantitative estimate of drug-likeness (QED) is 0.720. The molecule has 0 radical (unpaired) electrons. The number of carbonyl (C=O) groups is 3. The molecule has 1 saturated carbocycles. The van der Waals surface area contributed by atoms with Gasteiger partial charge in [0.2, 0.25) is 11.8 Å². The molecule has 2 fully saturated rings. The summed E-state index contributed by atoms with van der Waals surface area (Å²) in [6.07, 6.45) is 5.74. The number of esters is 1. The molecule has 6 nitrogen and oxygen atoms in total. The van der Waals surface area contributed by atoms with Gasteiger partial charge in [-0.05, 0) is 24.8 Å². The molecular weight excluding hydrogens is 344 g/mol. The lowest BCUT2D eigenvalue weighted by Crippen LogP contribution is -2.62. The van der Waals surface area contributed by atoms with Crippen LogP contribution in [0.3, 0.4) is 0 Å². The molecule has 1 saturated heterocycles. The minimum atomic E-state index is -0.604. The van der Waals surface area contributed by atoms with Crippen LogP contribution in [-0.4, -0.2) is 53.3 Å². The number of ether oxygens (including phenoxy) is 1. The predicted octanol–water partition coefficient (Wildman–Crippen LogP) is 2.51. The second-order valence-electron chi connectivity index (χ2n) is 7.40. The zero-order chi connectivity index (χ0) is 19.2. The van der Waals surface area contributed by atoms with Gasteiger partial charge in [-0.25, -0.2) is 0 Å². The van der Waals surface area contributed by atoms with E-state index in [0.717, 1.165) is 31.2 Å². The zero-order valence-corrected chi connectivity index (χ0v) is 15.9. The van der Waals surface area contributed by atoms with Crippen molar-refractivity contribution in [1.82, 2.24) is 9.80 Å². The maximum atomic E-state index is 13.3. The van der Waals surface area contributed by atoms with Crippen LogP contribution >= 0.6 is 0 Å². The van der Waals surface area contributed by atoms with Crippen molar-refractivity contribution in [2.45, 2.75) is 63.6 Å². The molecule has 2 amide bonds. The van der Waals surface area contributed by atoms with Crippen molar-refractivity contribution in [2.75, 3.05) is 13.7 Å². The van der Waals surface area contributed by atoms with Crippen molar-refractivity contribution >= 4 is 17.8 Å². The molecular formula is C21H28N2O4. The van der Waals surface area contributed by atoms with Crippen LogP contribution in [0.2, 0.25) is 0 Å². The second kappa shape index (κ2) is 9.02. The smallest absolute Gasteiger partial charge is 0.305 e. The maximum Gasteiger partial charge on any atom is 0.305 e. The summed E-state index contributed by atoms with van der Waals surface area (Å²) in [6.45, 7) is 0.529. The van der Waals surface area contributed by atoms with Crippen LogP contribution in [0, 0.1) is 0 Å². The summed E-state index contributed by atoms with van der Waals surface area (Å²) in [4.78, 5) is 41.2. The minimum Gasteiger partial charge on any atom is -0.469 e. The van der Waals surface area contributed by atoms with Crippen molar-refractivity contribution in [3.8, 4) is 0 Å². The molecule has 0 aromatic heterocycles. The number of nitrogens with zero attached hydrogens (tertiary/aromatic N) is 2. The fourth-order valence-corrected chi connectivity index (χ4v) is 4.13. The second-order valence-corrected chi connectivity index (χ2v) is 7.40. The van der Waals surface area contributed by atoms with E-state index < -0.39 is 6.04 Å². The highest BCUT2D eigenvalue weighted by Gasteiger charge is 2.42. The summed E-state index contributed by atoms with van der Waals surface area (Å²) in [5, 5.41) is 0. The number of hydrogen-bond donors (Lipinski definition) is 0. The van der Waals surface area contributed by atoms with Gasteiger partial charge in [-0.3, -0.25) is 14.4 Å². The lowest BCUT2D eigenvalue weighted by atomic mass is 9.92. The average Bonchev–Trinajstić information content (AvgIpc) is 2.71. The van der Waals surface area contributed by atoms with Gasteiger partial charge in [0, 0.05) is 19.0 Å². The van der Waals surface area contributed by atoms with Gasteiger partial charge in [-0.2, -0.15) is 0 Å². The third-order valence-electron chi connectivity index (χ3n) is 5.63. The van der Waals surface area contributed by atoms with Gasteiger partial charge in [0.25, 0.3) is 0 Å². The summed E-state index contributed by atoms with van der Waals surface area (Å²) in [5.74, 6) is -0.426. The molecule has 1 aromatic carbocycles. The molecule has 1 unspecified atom stereocenters. The summed E-state index contributed by atoms with van der Waals surface area (Å²) in [5.41, 5.74) is 0.979. The van der Waals surface area contributed by atoms with Crippen molar-refractivity contribution in [3.05, 3.63) is 35.9 Å². The first kappa shape index (κ1) is 19.4. The average molecular weight is 372 g/mol. The van der Waals surface area contributed by atoms with Gasteiger partial charge in [-0.1, -0.05) is 49.6 Å². The number of benzene rings is 1. The third kappa shape index (κ3) is 4.67. The summed E-state index contributed by atoms with van der Waals surface area (Å²) < 4.78 is 4.73. The Labute approximate surface area is 160 Å². The van der Waals surface area contributed by atoms with Crippen LogP contribution in [0.5, 0.6) is 0 Å². The minimum absolute atomic E-state index is 0.0265. The zero-order valence-electron chi connectivity index (χ0n) is 15.9. The van der Waals surface area contributed by atoms with E-state index >= 15 is 0 Å². The van der Waals surface area contributed by atoms with Crippen molar-refractivity contribution in [1.29, 1.82) is 0 Å². The molecule has 27 heavy (non-hydrogen) atoms. The standard InChI is InChI=1S/C21H28N2O4/c1-27-20(25)13-12-18-21(26)22(17-10-6-3-7-11-17)15-19(24)23(18)14-16-8-4-2-5-9-16/h2,4-5,8-9,17-18H,3,6-7,10-15H2,1H3. The van der Waals surface area contributed by atoms with Crippen molar-refractivity contribution < 1.29 is 19.1 Å². The lowest BCUT2D eigenvalue weighted by molar-refractivity contribution is -0.160. The molecule has 3 rings (SSSR count).